The predicted molar refractivity (Wildman–Crippen MR) is 87.1 cm³/mol. The first-order chi connectivity index (χ1) is 10.4. The second-order valence-electron chi connectivity index (χ2n) is 6.07. The molecule has 2 aromatic rings. The number of hydrogen-bond donors (Lipinski definition) is 1. The van der Waals surface area contributed by atoms with E-state index in [2.05, 4.69) is 23.3 Å². The SMILES string of the molecule is CCNC(c1cnc2ccccc2n1)C1CCCCCC1. The Morgan fingerprint density at radius 2 is 1.81 bits per heavy atom. The summed E-state index contributed by atoms with van der Waals surface area (Å²) in [6.07, 6.45) is 10.1. The minimum Gasteiger partial charge on any atom is -0.309 e. The lowest BCUT2D eigenvalue weighted by Gasteiger charge is -2.26. The molecule has 0 spiro atoms. The van der Waals surface area contributed by atoms with E-state index in [0.29, 0.717) is 12.0 Å². The molecule has 1 heterocycles. The lowest BCUT2D eigenvalue weighted by atomic mass is 9.90. The third-order valence-electron chi connectivity index (χ3n) is 4.58. The van der Waals surface area contributed by atoms with E-state index < -0.39 is 0 Å². The van der Waals surface area contributed by atoms with Gasteiger partial charge in [0.1, 0.15) is 0 Å². The summed E-state index contributed by atoms with van der Waals surface area (Å²) in [7, 11) is 0. The summed E-state index contributed by atoms with van der Waals surface area (Å²) in [5.41, 5.74) is 3.10. The number of para-hydroxylation sites is 2. The molecule has 0 saturated heterocycles. The van der Waals surface area contributed by atoms with E-state index in [9.17, 15) is 0 Å². The van der Waals surface area contributed by atoms with Gasteiger partial charge in [-0.25, -0.2) is 4.98 Å². The number of fused-ring (bicyclic) bond motifs is 1. The van der Waals surface area contributed by atoms with Crippen molar-refractivity contribution in [3.05, 3.63) is 36.2 Å². The van der Waals surface area contributed by atoms with Crippen LogP contribution in [0, 0.1) is 5.92 Å². The van der Waals surface area contributed by atoms with Crippen molar-refractivity contribution in [2.24, 2.45) is 5.92 Å². The Hall–Kier alpha value is -1.48. The molecule has 0 aliphatic heterocycles. The molecule has 1 aliphatic carbocycles. The average Bonchev–Trinajstić information content (AvgIpc) is 2.81. The highest BCUT2D eigenvalue weighted by molar-refractivity contribution is 5.73. The number of rotatable bonds is 4. The maximum absolute atomic E-state index is 4.87. The van der Waals surface area contributed by atoms with Crippen LogP contribution in [0.15, 0.2) is 30.5 Å². The van der Waals surface area contributed by atoms with Crippen LogP contribution in [-0.4, -0.2) is 16.5 Å². The lowest BCUT2D eigenvalue weighted by molar-refractivity contribution is 0.324. The third kappa shape index (κ3) is 3.41. The highest BCUT2D eigenvalue weighted by Crippen LogP contribution is 2.33. The molecule has 1 fully saturated rings. The van der Waals surface area contributed by atoms with Crippen LogP contribution in [0.3, 0.4) is 0 Å². The van der Waals surface area contributed by atoms with Gasteiger partial charge in [0.15, 0.2) is 0 Å². The first kappa shape index (κ1) is 14.5. The van der Waals surface area contributed by atoms with E-state index in [1.807, 2.05) is 24.4 Å². The molecule has 112 valence electrons. The summed E-state index contributed by atoms with van der Waals surface area (Å²) in [5.74, 6) is 0.697. The smallest absolute Gasteiger partial charge is 0.0890 e. The summed E-state index contributed by atoms with van der Waals surface area (Å²) in [5, 5.41) is 3.66. The fourth-order valence-electron chi connectivity index (χ4n) is 3.50. The van der Waals surface area contributed by atoms with Crippen LogP contribution >= 0.6 is 0 Å². The van der Waals surface area contributed by atoms with Gasteiger partial charge >= 0.3 is 0 Å². The fraction of sp³-hybridized carbons (Fsp3) is 0.556. The van der Waals surface area contributed by atoms with E-state index in [1.54, 1.807) is 0 Å². The van der Waals surface area contributed by atoms with Crippen molar-refractivity contribution in [1.82, 2.24) is 15.3 Å². The molecule has 1 aliphatic rings. The van der Waals surface area contributed by atoms with Crippen molar-refractivity contribution in [3.63, 3.8) is 0 Å². The molecule has 1 atom stereocenters. The van der Waals surface area contributed by atoms with E-state index in [0.717, 1.165) is 23.3 Å². The van der Waals surface area contributed by atoms with Crippen LogP contribution < -0.4 is 5.32 Å². The zero-order chi connectivity index (χ0) is 14.5. The maximum atomic E-state index is 4.87. The topological polar surface area (TPSA) is 37.8 Å². The molecule has 3 heteroatoms. The van der Waals surface area contributed by atoms with E-state index in [4.69, 9.17) is 4.98 Å². The Balaban J connectivity index is 1.90. The summed E-state index contributed by atoms with van der Waals surface area (Å²) >= 11 is 0. The van der Waals surface area contributed by atoms with E-state index >= 15 is 0 Å². The molecule has 0 amide bonds. The quantitative estimate of drug-likeness (QED) is 0.852. The maximum Gasteiger partial charge on any atom is 0.0890 e. The van der Waals surface area contributed by atoms with E-state index in [1.165, 1.54) is 38.5 Å². The van der Waals surface area contributed by atoms with Gasteiger partial charge < -0.3 is 5.32 Å². The average molecular weight is 283 g/mol. The monoisotopic (exact) mass is 283 g/mol. The van der Waals surface area contributed by atoms with Gasteiger partial charge in [0.05, 0.1) is 29.0 Å². The Bertz CT molecular complexity index is 573. The highest BCUT2D eigenvalue weighted by atomic mass is 15.0. The Morgan fingerprint density at radius 1 is 1.10 bits per heavy atom. The molecule has 1 aromatic heterocycles. The fourth-order valence-corrected chi connectivity index (χ4v) is 3.50. The molecule has 1 unspecified atom stereocenters. The minimum absolute atomic E-state index is 0.352. The van der Waals surface area contributed by atoms with Gasteiger partial charge in [0.2, 0.25) is 0 Å². The van der Waals surface area contributed by atoms with Gasteiger partial charge in [-0.3, -0.25) is 4.98 Å². The second kappa shape index (κ2) is 6.99. The summed E-state index contributed by atoms with van der Waals surface area (Å²) in [4.78, 5) is 9.48. The number of nitrogens with one attached hydrogen (secondary N) is 1. The van der Waals surface area contributed by atoms with Crippen molar-refractivity contribution >= 4 is 11.0 Å². The Morgan fingerprint density at radius 3 is 2.52 bits per heavy atom. The molecule has 3 nitrogen and oxygen atoms in total. The van der Waals surface area contributed by atoms with Crippen molar-refractivity contribution in [1.29, 1.82) is 0 Å². The molecule has 0 bridgehead atoms. The van der Waals surface area contributed by atoms with Gasteiger partial charge in [0.25, 0.3) is 0 Å². The zero-order valence-electron chi connectivity index (χ0n) is 12.9. The van der Waals surface area contributed by atoms with Crippen molar-refractivity contribution < 1.29 is 0 Å². The highest BCUT2D eigenvalue weighted by Gasteiger charge is 2.25. The molecule has 21 heavy (non-hydrogen) atoms. The summed E-state index contributed by atoms with van der Waals surface area (Å²) < 4.78 is 0. The van der Waals surface area contributed by atoms with Crippen LogP contribution in [0.2, 0.25) is 0 Å². The Labute approximate surface area is 127 Å². The standard InChI is InChI=1S/C18H25N3/c1-2-19-18(14-9-5-3-4-6-10-14)17-13-20-15-11-7-8-12-16(15)21-17/h7-8,11-14,18-19H,2-6,9-10H2,1H3. The molecule has 1 N–H and O–H groups in total. The summed E-state index contributed by atoms with van der Waals surface area (Å²) in [6, 6.07) is 8.49. The van der Waals surface area contributed by atoms with Gasteiger partial charge in [0, 0.05) is 0 Å². The van der Waals surface area contributed by atoms with Crippen LogP contribution in [-0.2, 0) is 0 Å². The first-order valence-corrected chi connectivity index (χ1v) is 8.33. The molecule has 1 saturated carbocycles. The van der Waals surface area contributed by atoms with E-state index in [-0.39, 0.29) is 0 Å². The molecular formula is C18H25N3. The van der Waals surface area contributed by atoms with Crippen molar-refractivity contribution in [3.8, 4) is 0 Å². The van der Waals surface area contributed by atoms with Gasteiger partial charge in [-0.2, -0.15) is 0 Å². The van der Waals surface area contributed by atoms with Gasteiger partial charge in [-0.15, -0.1) is 0 Å². The van der Waals surface area contributed by atoms with Crippen molar-refractivity contribution in [2.75, 3.05) is 6.54 Å². The Kier molecular flexibility index (Phi) is 4.81. The van der Waals surface area contributed by atoms with Crippen LogP contribution in [0.4, 0.5) is 0 Å². The van der Waals surface area contributed by atoms with Gasteiger partial charge in [-0.1, -0.05) is 44.7 Å². The lowest BCUT2D eigenvalue weighted by Crippen LogP contribution is -2.29. The molecule has 3 rings (SSSR count). The predicted octanol–water partition coefficient (Wildman–Crippen LogP) is 4.25. The minimum atomic E-state index is 0.352. The molecule has 1 aromatic carbocycles. The normalized spacial score (nSPS) is 18.5. The van der Waals surface area contributed by atoms with Crippen LogP contribution in [0.5, 0.6) is 0 Å². The van der Waals surface area contributed by atoms with Crippen LogP contribution in [0.1, 0.15) is 57.2 Å². The number of hydrogen-bond acceptors (Lipinski definition) is 3. The number of benzene rings is 1. The van der Waals surface area contributed by atoms with Gasteiger partial charge in [-0.05, 0) is 37.4 Å². The first-order valence-electron chi connectivity index (χ1n) is 8.33. The number of aromatic nitrogens is 2. The van der Waals surface area contributed by atoms with Crippen LogP contribution in [0.25, 0.3) is 11.0 Å². The second-order valence-corrected chi connectivity index (χ2v) is 6.07. The summed E-state index contributed by atoms with van der Waals surface area (Å²) in [6.45, 7) is 3.16. The van der Waals surface area contributed by atoms with Crippen molar-refractivity contribution in [2.45, 2.75) is 51.5 Å². The third-order valence-corrected chi connectivity index (χ3v) is 4.58. The molecule has 0 radical (unpaired) electrons. The molecular weight excluding hydrogens is 258 g/mol. The largest absolute Gasteiger partial charge is 0.309 e. The zero-order valence-corrected chi connectivity index (χ0v) is 12.9. The number of nitrogens with zero attached hydrogens (tertiary/aromatic N) is 2.